The maximum absolute atomic E-state index is 15.6. The summed E-state index contributed by atoms with van der Waals surface area (Å²) in [5, 5.41) is 6.78. The number of ether oxygens (including phenoxy) is 2. The topological polar surface area (TPSA) is 99.0 Å². The van der Waals surface area contributed by atoms with Crippen LogP contribution >= 0.6 is 0 Å². The average Bonchev–Trinajstić information content (AvgIpc) is 3.32. The molecule has 2 aromatic carbocycles. The van der Waals surface area contributed by atoms with E-state index < -0.39 is 5.82 Å². The first-order valence-electron chi connectivity index (χ1n) is 13.1. The highest BCUT2D eigenvalue weighted by atomic mass is 19.1. The van der Waals surface area contributed by atoms with Gasteiger partial charge >= 0.3 is 0 Å². The van der Waals surface area contributed by atoms with Crippen LogP contribution in [0.25, 0.3) is 22.1 Å². The van der Waals surface area contributed by atoms with Crippen LogP contribution in [-0.4, -0.2) is 49.8 Å². The molecule has 39 heavy (non-hydrogen) atoms. The zero-order valence-corrected chi connectivity index (χ0v) is 21.7. The van der Waals surface area contributed by atoms with Gasteiger partial charge in [-0.1, -0.05) is 0 Å². The number of pyridine rings is 1. The number of aryl methyl sites for hydroxylation is 1. The number of benzene rings is 2. The van der Waals surface area contributed by atoms with Crippen LogP contribution in [0.4, 0.5) is 15.9 Å². The highest BCUT2D eigenvalue weighted by molar-refractivity contribution is 5.87. The van der Waals surface area contributed by atoms with Gasteiger partial charge in [-0.25, -0.2) is 24.3 Å². The first kappa shape index (κ1) is 23.9. The molecule has 2 N–H and O–H groups in total. The van der Waals surface area contributed by atoms with Gasteiger partial charge in [0.15, 0.2) is 11.6 Å². The quantitative estimate of drug-likeness (QED) is 0.326. The first-order chi connectivity index (χ1) is 19.0. The van der Waals surface area contributed by atoms with E-state index in [1.807, 2.05) is 41.9 Å². The molecule has 0 aliphatic carbocycles. The van der Waals surface area contributed by atoms with Crippen LogP contribution in [-0.2, 0) is 11.8 Å². The summed E-state index contributed by atoms with van der Waals surface area (Å²) >= 11 is 0. The number of piperidine rings is 1. The molecule has 2 aliphatic rings. The predicted octanol–water partition coefficient (Wildman–Crippen LogP) is 5.13. The summed E-state index contributed by atoms with van der Waals surface area (Å²) < 4.78 is 29.2. The lowest BCUT2D eigenvalue weighted by molar-refractivity contribution is 0.0176. The van der Waals surface area contributed by atoms with Crippen LogP contribution in [0.3, 0.4) is 0 Å². The Hall–Kier alpha value is -4.15. The van der Waals surface area contributed by atoms with Gasteiger partial charge < -0.3 is 24.7 Å². The monoisotopic (exact) mass is 525 g/mol. The van der Waals surface area contributed by atoms with E-state index in [1.165, 1.54) is 6.33 Å². The van der Waals surface area contributed by atoms with Crippen molar-refractivity contribution < 1.29 is 13.9 Å². The Balaban J connectivity index is 1.16. The fraction of sp³-hybridized carbons (Fsp3) is 0.310. The zero-order valence-electron chi connectivity index (χ0n) is 21.7. The number of nitrogens with one attached hydrogen (secondary N) is 2. The van der Waals surface area contributed by atoms with Crippen LogP contribution in [0.5, 0.6) is 11.5 Å². The molecule has 0 spiro atoms. The minimum Gasteiger partial charge on any atom is -0.457 e. The smallest absolute Gasteiger partial charge is 0.160 e. The summed E-state index contributed by atoms with van der Waals surface area (Å²) in [6.45, 7) is 3.15. The van der Waals surface area contributed by atoms with E-state index in [0.717, 1.165) is 42.8 Å². The average molecular weight is 526 g/mol. The molecular formula is C29H28FN7O2. The van der Waals surface area contributed by atoms with Crippen molar-refractivity contribution in [1.29, 1.82) is 0 Å². The maximum atomic E-state index is 15.6. The summed E-state index contributed by atoms with van der Waals surface area (Å²) in [4.78, 5) is 18.1. The van der Waals surface area contributed by atoms with Gasteiger partial charge in [-0.2, -0.15) is 0 Å². The molecule has 2 aliphatic heterocycles. The number of halogens is 1. The van der Waals surface area contributed by atoms with Crippen molar-refractivity contribution >= 4 is 33.6 Å². The van der Waals surface area contributed by atoms with Crippen molar-refractivity contribution in [3.05, 3.63) is 72.2 Å². The number of aromatic nitrogens is 5. The normalized spacial score (nSPS) is 20.8. The van der Waals surface area contributed by atoms with E-state index in [9.17, 15) is 0 Å². The van der Waals surface area contributed by atoms with Crippen LogP contribution < -0.4 is 15.4 Å². The molecule has 10 heteroatoms. The third-order valence-corrected chi connectivity index (χ3v) is 7.68. The zero-order chi connectivity index (χ0) is 26.5. The van der Waals surface area contributed by atoms with E-state index in [1.54, 1.807) is 25.4 Å². The van der Waals surface area contributed by atoms with Gasteiger partial charge in [-0.15, -0.1) is 0 Å². The Kier molecular flexibility index (Phi) is 5.86. The molecule has 2 bridgehead atoms. The van der Waals surface area contributed by atoms with Crippen molar-refractivity contribution in [3.8, 4) is 11.5 Å². The van der Waals surface area contributed by atoms with Crippen LogP contribution in [0.2, 0.25) is 0 Å². The van der Waals surface area contributed by atoms with Gasteiger partial charge in [0, 0.05) is 42.4 Å². The molecule has 0 radical (unpaired) electrons. The van der Waals surface area contributed by atoms with Gasteiger partial charge in [-0.05, 0) is 56.2 Å². The first-order valence-corrected chi connectivity index (χ1v) is 13.1. The van der Waals surface area contributed by atoms with E-state index in [4.69, 9.17) is 14.5 Å². The Morgan fingerprint density at radius 3 is 2.72 bits per heavy atom. The van der Waals surface area contributed by atoms with Crippen molar-refractivity contribution in [3.63, 3.8) is 0 Å². The Morgan fingerprint density at radius 2 is 1.87 bits per heavy atom. The number of hydrogen-bond acceptors (Lipinski definition) is 8. The second-order valence-corrected chi connectivity index (χ2v) is 10.4. The molecule has 7 rings (SSSR count). The van der Waals surface area contributed by atoms with Crippen molar-refractivity contribution in [2.75, 3.05) is 18.5 Å². The van der Waals surface area contributed by atoms with Gasteiger partial charge in [0.2, 0.25) is 0 Å². The molecule has 2 unspecified atom stereocenters. The third-order valence-electron chi connectivity index (χ3n) is 7.68. The Labute approximate surface area is 224 Å². The van der Waals surface area contributed by atoms with Crippen molar-refractivity contribution in [2.24, 2.45) is 7.05 Å². The lowest BCUT2D eigenvalue weighted by Crippen LogP contribution is -2.53. The third kappa shape index (κ3) is 4.45. The number of morpholine rings is 1. The summed E-state index contributed by atoms with van der Waals surface area (Å²) in [6, 6.07) is 13.7. The second kappa shape index (κ2) is 9.55. The largest absolute Gasteiger partial charge is 0.457 e. The highest BCUT2D eigenvalue weighted by Gasteiger charge is 2.33. The minimum atomic E-state index is -0.416. The fourth-order valence-electron chi connectivity index (χ4n) is 5.66. The summed E-state index contributed by atoms with van der Waals surface area (Å²) in [7, 11) is 1.94. The van der Waals surface area contributed by atoms with Gasteiger partial charge in [0.25, 0.3) is 0 Å². The molecular weight excluding hydrogens is 497 g/mol. The molecule has 0 amide bonds. The van der Waals surface area contributed by atoms with Crippen molar-refractivity contribution in [1.82, 2.24) is 29.8 Å². The molecule has 9 nitrogen and oxygen atoms in total. The summed E-state index contributed by atoms with van der Waals surface area (Å²) in [5.41, 5.74) is 4.82. The van der Waals surface area contributed by atoms with Crippen LogP contribution in [0.15, 0.2) is 55.1 Å². The number of anilines is 2. The molecule has 5 aromatic rings. The maximum Gasteiger partial charge on any atom is 0.160 e. The number of imidazole rings is 1. The number of rotatable bonds is 5. The second-order valence-electron chi connectivity index (χ2n) is 10.4. The summed E-state index contributed by atoms with van der Waals surface area (Å²) in [6.07, 6.45) is 5.15. The van der Waals surface area contributed by atoms with Crippen LogP contribution in [0, 0.1) is 12.7 Å². The SMILES string of the molecule is Cc1c(Oc2ccc3c(c2)ncn3C)ccc(Nc2ncnc3ccc(C4CC5COCC(C4)N5)nc23)c1F. The lowest BCUT2D eigenvalue weighted by atomic mass is 9.84. The van der Waals surface area contributed by atoms with E-state index in [0.29, 0.717) is 57.6 Å². The van der Waals surface area contributed by atoms with Gasteiger partial charge in [0.05, 0.1) is 41.8 Å². The van der Waals surface area contributed by atoms with E-state index in [-0.39, 0.29) is 0 Å². The van der Waals surface area contributed by atoms with Gasteiger partial charge in [-0.3, -0.25) is 0 Å². The molecule has 0 saturated carbocycles. The fourth-order valence-corrected chi connectivity index (χ4v) is 5.66. The predicted molar refractivity (Wildman–Crippen MR) is 146 cm³/mol. The molecule has 198 valence electrons. The molecule has 2 fully saturated rings. The molecule has 3 aromatic heterocycles. The molecule has 2 saturated heterocycles. The summed E-state index contributed by atoms with van der Waals surface area (Å²) in [5.74, 6) is 1.40. The number of nitrogens with zero attached hydrogens (tertiary/aromatic N) is 5. The Bertz CT molecular complexity index is 1690. The number of hydrogen-bond donors (Lipinski definition) is 2. The lowest BCUT2D eigenvalue weighted by Gasteiger charge is -2.39. The van der Waals surface area contributed by atoms with E-state index in [2.05, 4.69) is 25.6 Å². The van der Waals surface area contributed by atoms with Crippen LogP contribution in [0.1, 0.15) is 30.0 Å². The number of fused-ring (bicyclic) bond motifs is 4. The van der Waals surface area contributed by atoms with E-state index >= 15 is 4.39 Å². The highest BCUT2D eigenvalue weighted by Crippen LogP contribution is 2.35. The standard InChI is InChI=1S/C29H28FN7O2/c1-16-26(39-20-3-7-25-24(11-20)33-15-37(25)2)8-6-22(27(16)30)36-29-28-23(31-14-32-29)5-4-21(35-28)17-9-18-12-38-13-19(10-17)34-18/h3-8,11,14-15,17-19,34H,9-10,12-13H2,1-2H3,(H,31,32,36). The molecule has 5 heterocycles. The van der Waals surface area contributed by atoms with Crippen molar-refractivity contribution in [2.45, 2.75) is 37.8 Å². The Morgan fingerprint density at radius 1 is 1.03 bits per heavy atom. The van der Waals surface area contributed by atoms with Gasteiger partial charge in [0.1, 0.15) is 23.3 Å². The molecule has 2 atom stereocenters. The minimum absolute atomic E-state index is 0.292.